The van der Waals surface area contributed by atoms with Crippen LogP contribution in [0, 0.1) is 0 Å². The van der Waals surface area contributed by atoms with Crippen molar-refractivity contribution >= 4 is 22.5 Å². The molecule has 0 radical (unpaired) electrons. The SMILES string of the molecule is CCc1cc2cc(C(C)N)ccc2nc1Cl. The van der Waals surface area contributed by atoms with E-state index in [4.69, 9.17) is 17.3 Å². The van der Waals surface area contributed by atoms with Crippen molar-refractivity contribution in [1.29, 1.82) is 0 Å². The van der Waals surface area contributed by atoms with Gasteiger partial charge in [-0.1, -0.05) is 24.6 Å². The number of benzene rings is 1. The number of nitrogens with two attached hydrogens (primary N) is 1. The van der Waals surface area contributed by atoms with E-state index in [1.807, 2.05) is 19.1 Å². The third kappa shape index (κ3) is 2.04. The first-order valence-corrected chi connectivity index (χ1v) is 5.84. The van der Waals surface area contributed by atoms with Gasteiger partial charge in [-0.25, -0.2) is 4.98 Å². The van der Waals surface area contributed by atoms with Gasteiger partial charge >= 0.3 is 0 Å². The molecular formula is C13H15ClN2. The molecule has 1 aromatic carbocycles. The van der Waals surface area contributed by atoms with Crippen LogP contribution in [0.1, 0.15) is 31.0 Å². The Labute approximate surface area is 100 Å². The molecular weight excluding hydrogens is 220 g/mol. The number of hydrogen-bond acceptors (Lipinski definition) is 2. The van der Waals surface area contributed by atoms with E-state index in [0.717, 1.165) is 28.5 Å². The van der Waals surface area contributed by atoms with Crippen molar-refractivity contribution in [2.24, 2.45) is 5.73 Å². The second kappa shape index (κ2) is 4.40. The van der Waals surface area contributed by atoms with Crippen LogP contribution in [0.3, 0.4) is 0 Å². The molecule has 0 saturated heterocycles. The van der Waals surface area contributed by atoms with E-state index >= 15 is 0 Å². The molecule has 0 aliphatic carbocycles. The van der Waals surface area contributed by atoms with Crippen LogP contribution in [-0.4, -0.2) is 4.98 Å². The van der Waals surface area contributed by atoms with Crippen molar-refractivity contribution in [3.05, 3.63) is 40.5 Å². The Bertz CT molecular complexity index is 521. The number of hydrogen-bond donors (Lipinski definition) is 1. The summed E-state index contributed by atoms with van der Waals surface area (Å²) in [4.78, 5) is 4.37. The Hall–Kier alpha value is -1.12. The molecule has 1 unspecified atom stereocenters. The molecule has 2 nitrogen and oxygen atoms in total. The first-order chi connectivity index (χ1) is 7.61. The molecule has 2 rings (SSSR count). The van der Waals surface area contributed by atoms with Crippen LogP contribution in [0.15, 0.2) is 24.3 Å². The number of aromatic nitrogens is 1. The van der Waals surface area contributed by atoms with Gasteiger partial charge in [-0.05, 0) is 42.7 Å². The molecule has 0 spiro atoms. The fraction of sp³-hybridized carbons (Fsp3) is 0.308. The van der Waals surface area contributed by atoms with Gasteiger partial charge in [0.05, 0.1) is 5.52 Å². The average Bonchev–Trinajstić information content (AvgIpc) is 2.27. The lowest BCUT2D eigenvalue weighted by Crippen LogP contribution is -2.04. The molecule has 84 valence electrons. The van der Waals surface area contributed by atoms with E-state index in [0.29, 0.717) is 5.15 Å². The Balaban J connectivity index is 2.63. The van der Waals surface area contributed by atoms with Crippen LogP contribution in [0.25, 0.3) is 10.9 Å². The molecule has 3 heteroatoms. The van der Waals surface area contributed by atoms with Gasteiger partial charge in [-0.3, -0.25) is 0 Å². The highest BCUT2D eigenvalue weighted by molar-refractivity contribution is 6.30. The highest BCUT2D eigenvalue weighted by Crippen LogP contribution is 2.23. The van der Waals surface area contributed by atoms with E-state index in [9.17, 15) is 0 Å². The molecule has 0 saturated carbocycles. The van der Waals surface area contributed by atoms with Gasteiger partial charge in [0.1, 0.15) is 5.15 Å². The Morgan fingerprint density at radius 1 is 1.38 bits per heavy atom. The normalized spacial score (nSPS) is 13.0. The first-order valence-electron chi connectivity index (χ1n) is 5.46. The summed E-state index contributed by atoms with van der Waals surface area (Å²) in [7, 11) is 0. The van der Waals surface area contributed by atoms with Crippen molar-refractivity contribution in [2.45, 2.75) is 26.3 Å². The summed E-state index contributed by atoms with van der Waals surface area (Å²) in [6.45, 7) is 4.05. The van der Waals surface area contributed by atoms with E-state index in [-0.39, 0.29) is 6.04 Å². The zero-order valence-electron chi connectivity index (χ0n) is 9.50. The minimum absolute atomic E-state index is 0.0464. The second-order valence-corrected chi connectivity index (χ2v) is 4.39. The van der Waals surface area contributed by atoms with Gasteiger partial charge in [0, 0.05) is 11.4 Å². The third-order valence-electron chi connectivity index (χ3n) is 2.77. The molecule has 2 N–H and O–H groups in total. The van der Waals surface area contributed by atoms with Gasteiger partial charge in [0.25, 0.3) is 0 Å². The highest BCUT2D eigenvalue weighted by Gasteiger charge is 2.05. The zero-order chi connectivity index (χ0) is 11.7. The maximum atomic E-state index is 6.07. The van der Waals surface area contributed by atoms with Crippen molar-refractivity contribution in [1.82, 2.24) is 4.98 Å². The number of aryl methyl sites for hydroxylation is 1. The van der Waals surface area contributed by atoms with Gasteiger partial charge in [-0.15, -0.1) is 0 Å². The fourth-order valence-electron chi connectivity index (χ4n) is 1.75. The average molecular weight is 235 g/mol. The number of halogens is 1. The van der Waals surface area contributed by atoms with Crippen molar-refractivity contribution < 1.29 is 0 Å². The molecule has 1 atom stereocenters. The quantitative estimate of drug-likeness (QED) is 0.809. The van der Waals surface area contributed by atoms with Gasteiger partial charge in [0.15, 0.2) is 0 Å². The molecule has 1 heterocycles. The number of rotatable bonds is 2. The molecule has 16 heavy (non-hydrogen) atoms. The van der Waals surface area contributed by atoms with Crippen LogP contribution < -0.4 is 5.73 Å². The summed E-state index contributed by atoms with van der Waals surface area (Å²) in [5.41, 5.74) is 8.98. The molecule has 0 amide bonds. The minimum atomic E-state index is 0.0464. The summed E-state index contributed by atoms with van der Waals surface area (Å²) in [6, 6.07) is 8.20. The highest BCUT2D eigenvalue weighted by atomic mass is 35.5. The third-order valence-corrected chi connectivity index (χ3v) is 3.10. The maximum absolute atomic E-state index is 6.07. The van der Waals surface area contributed by atoms with Gasteiger partial charge in [0.2, 0.25) is 0 Å². The lowest BCUT2D eigenvalue weighted by molar-refractivity contribution is 0.820. The summed E-state index contributed by atoms with van der Waals surface area (Å²) < 4.78 is 0. The van der Waals surface area contributed by atoms with Crippen molar-refractivity contribution in [3.63, 3.8) is 0 Å². The van der Waals surface area contributed by atoms with E-state index in [1.54, 1.807) is 0 Å². The molecule has 0 aliphatic heterocycles. The Kier molecular flexibility index (Phi) is 3.13. The monoisotopic (exact) mass is 234 g/mol. The van der Waals surface area contributed by atoms with Crippen LogP contribution in [-0.2, 0) is 6.42 Å². The zero-order valence-corrected chi connectivity index (χ0v) is 10.3. The summed E-state index contributed by atoms with van der Waals surface area (Å²) >= 11 is 6.07. The lowest BCUT2D eigenvalue weighted by Gasteiger charge is -2.08. The maximum Gasteiger partial charge on any atom is 0.132 e. The molecule has 0 aliphatic rings. The van der Waals surface area contributed by atoms with Crippen LogP contribution in [0.4, 0.5) is 0 Å². The molecule has 0 fully saturated rings. The minimum Gasteiger partial charge on any atom is -0.324 e. The second-order valence-electron chi connectivity index (χ2n) is 4.03. The predicted octanol–water partition coefficient (Wildman–Crippen LogP) is 3.47. The summed E-state index contributed by atoms with van der Waals surface area (Å²) in [6.07, 6.45) is 0.893. The Morgan fingerprint density at radius 2 is 2.12 bits per heavy atom. The molecule has 0 bridgehead atoms. The smallest absolute Gasteiger partial charge is 0.132 e. The number of fused-ring (bicyclic) bond motifs is 1. The first kappa shape index (κ1) is 11.4. The number of nitrogens with zero attached hydrogens (tertiary/aromatic N) is 1. The van der Waals surface area contributed by atoms with Crippen molar-refractivity contribution in [3.8, 4) is 0 Å². The Morgan fingerprint density at radius 3 is 2.75 bits per heavy atom. The van der Waals surface area contributed by atoms with E-state index in [2.05, 4.69) is 24.0 Å². The van der Waals surface area contributed by atoms with Crippen LogP contribution >= 0.6 is 11.6 Å². The topological polar surface area (TPSA) is 38.9 Å². The fourth-order valence-corrected chi connectivity index (χ4v) is 2.03. The van der Waals surface area contributed by atoms with Gasteiger partial charge < -0.3 is 5.73 Å². The van der Waals surface area contributed by atoms with Gasteiger partial charge in [-0.2, -0.15) is 0 Å². The van der Waals surface area contributed by atoms with E-state index < -0.39 is 0 Å². The van der Waals surface area contributed by atoms with Crippen LogP contribution in [0.5, 0.6) is 0 Å². The molecule has 2 aromatic rings. The summed E-state index contributed by atoms with van der Waals surface area (Å²) in [5.74, 6) is 0. The van der Waals surface area contributed by atoms with Crippen molar-refractivity contribution in [2.75, 3.05) is 0 Å². The standard InChI is InChI=1S/C13H15ClN2/c1-3-9-6-11-7-10(8(2)15)4-5-12(11)16-13(9)14/h4-8H,3,15H2,1-2H3. The molecule has 1 aromatic heterocycles. The largest absolute Gasteiger partial charge is 0.324 e. The lowest BCUT2D eigenvalue weighted by atomic mass is 10.0. The number of pyridine rings is 1. The predicted molar refractivity (Wildman–Crippen MR) is 68.7 cm³/mol. The van der Waals surface area contributed by atoms with Crippen LogP contribution in [0.2, 0.25) is 5.15 Å². The van der Waals surface area contributed by atoms with E-state index in [1.165, 1.54) is 0 Å². The summed E-state index contributed by atoms with van der Waals surface area (Å²) in [5, 5.41) is 1.71.